The van der Waals surface area contributed by atoms with Crippen molar-refractivity contribution in [2.45, 2.75) is 11.3 Å². The molecule has 32 heavy (non-hydrogen) atoms. The van der Waals surface area contributed by atoms with E-state index in [0.717, 1.165) is 5.56 Å². The predicted molar refractivity (Wildman–Crippen MR) is 110 cm³/mol. The van der Waals surface area contributed by atoms with Gasteiger partial charge in [-0.2, -0.15) is 0 Å². The number of amides is 2. The van der Waals surface area contributed by atoms with Gasteiger partial charge in [-0.3, -0.25) is 14.4 Å². The minimum Gasteiger partial charge on any atom is -0.486 e. The smallest absolute Gasteiger partial charge is 0.327 e. The number of carbonyl (C=O) groups excluding carboxylic acids is 3. The summed E-state index contributed by atoms with van der Waals surface area (Å²) in [6.45, 7) is -0.111. The Morgan fingerprint density at radius 1 is 1.06 bits per heavy atom. The molecule has 2 aliphatic heterocycles. The molecule has 0 saturated carbocycles. The Bertz CT molecular complexity index is 1180. The molecule has 0 aliphatic carbocycles. The Hall–Kier alpha value is -3.60. The first-order chi connectivity index (χ1) is 15.4. The van der Waals surface area contributed by atoms with E-state index in [1.807, 2.05) is 12.1 Å². The van der Waals surface area contributed by atoms with E-state index >= 15 is 0 Å². The van der Waals surface area contributed by atoms with Crippen LogP contribution in [0.2, 0.25) is 0 Å². The number of carbonyl (C=O) groups is 3. The molecule has 0 bridgehead atoms. The van der Waals surface area contributed by atoms with Crippen molar-refractivity contribution in [3.8, 4) is 11.5 Å². The molecule has 0 aromatic heterocycles. The first-order valence-electron chi connectivity index (χ1n) is 9.83. The van der Waals surface area contributed by atoms with Crippen molar-refractivity contribution in [2.75, 3.05) is 32.9 Å². The topological polar surface area (TPSA) is 128 Å². The minimum atomic E-state index is -4.12. The van der Waals surface area contributed by atoms with Gasteiger partial charge >= 0.3 is 5.97 Å². The van der Waals surface area contributed by atoms with Crippen LogP contribution in [0.3, 0.4) is 0 Å². The molecule has 1 N–H and O–H groups in total. The highest BCUT2D eigenvalue weighted by Gasteiger charge is 2.42. The van der Waals surface area contributed by atoms with Gasteiger partial charge in [-0.1, -0.05) is 18.2 Å². The van der Waals surface area contributed by atoms with Gasteiger partial charge in [0.1, 0.15) is 24.7 Å². The van der Waals surface area contributed by atoms with E-state index in [1.165, 1.54) is 24.3 Å². The number of fused-ring (bicyclic) bond motifs is 2. The molecule has 10 nitrogen and oxygen atoms in total. The molecule has 0 fully saturated rings. The highest BCUT2D eigenvalue weighted by molar-refractivity contribution is 7.90. The van der Waals surface area contributed by atoms with E-state index < -0.39 is 41.0 Å². The molecule has 2 aromatic rings. The molecule has 168 valence electrons. The molecule has 0 spiro atoms. The van der Waals surface area contributed by atoms with E-state index in [9.17, 15) is 22.8 Å². The molecule has 0 atom stereocenters. The lowest BCUT2D eigenvalue weighted by Gasteiger charge is -2.18. The third-order valence-corrected chi connectivity index (χ3v) is 6.68. The van der Waals surface area contributed by atoms with Crippen LogP contribution in [-0.2, 0) is 30.8 Å². The summed E-state index contributed by atoms with van der Waals surface area (Å²) < 4.78 is 41.1. The molecule has 0 radical (unpaired) electrons. The highest BCUT2D eigenvalue weighted by atomic mass is 32.2. The molecular formula is C21H20N2O8S. The zero-order valence-electron chi connectivity index (χ0n) is 16.9. The van der Waals surface area contributed by atoms with Gasteiger partial charge in [0.05, 0.1) is 5.56 Å². The molecular weight excluding hydrogens is 440 g/mol. The number of hydrogen-bond acceptors (Lipinski definition) is 8. The largest absolute Gasteiger partial charge is 0.486 e. The second kappa shape index (κ2) is 8.87. The van der Waals surface area contributed by atoms with Crippen LogP contribution in [0.25, 0.3) is 0 Å². The van der Waals surface area contributed by atoms with Gasteiger partial charge < -0.3 is 19.5 Å². The Labute approximate surface area is 184 Å². The standard InChI is InChI=1S/C21H20N2O8S/c24-19(22-8-7-14-5-6-16-17(11-14)30-10-9-29-16)13-31-20(25)12-23-21(26)15-3-1-2-4-18(15)32(23,27)28/h1-6,11H,7-10,12-13H2,(H,22,24). The zero-order chi connectivity index (χ0) is 22.7. The SMILES string of the molecule is O=C(COC(=O)CN1C(=O)c2ccccc2S1(=O)=O)NCCc1ccc2c(c1)OCCO2. The quantitative estimate of drug-likeness (QED) is 0.592. The van der Waals surface area contributed by atoms with Crippen molar-refractivity contribution in [3.05, 3.63) is 53.6 Å². The summed E-state index contributed by atoms with van der Waals surface area (Å²) in [6, 6.07) is 11.2. The average Bonchev–Trinajstić information content (AvgIpc) is 2.98. The van der Waals surface area contributed by atoms with Crippen LogP contribution in [0.4, 0.5) is 0 Å². The molecule has 0 unspecified atom stereocenters. The van der Waals surface area contributed by atoms with Crippen molar-refractivity contribution in [2.24, 2.45) is 0 Å². The maximum Gasteiger partial charge on any atom is 0.327 e. The zero-order valence-corrected chi connectivity index (χ0v) is 17.7. The number of benzene rings is 2. The molecule has 2 amide bonds. The lowest BCUT2D eigenvalue weighted by Crippen LogP contribution is -2.37. The third kappa shape index (κ3) is 4.37. The number of ether oxygens (including phenoxy) is 3. The van der Waals surface area contributed by atoms with Gasteiger partial charge in [-0.15, -0.1) is 0 Å². The summed E-state index contributed by atoms with van der Waals surface area (Å²) in [5.74, 6) is -1.02. The Balaban J connectivity index is 1.22. The summed E-state index contributed by atoms with van der Waals surface area (Å²) in [5, 5.41) is 2.61. The van der Waals surface area contributed by atoms with E-state index in [1.54, 1.807) is 6.07 Å². The third-order valence-electron chi connectivity index (χ3n) is 4.89. The first-order valence-corrected chi connectivity index (χ1v) is 11.3. The van der Waals surface area contributed by atoms with Crippen LogP contribution in [0.1, 0.15) is 15.9 Å². The Morgan fingerprint density at radius 3 is 2.59 bits per heavy atom. The molecule has 0 saturated heterocycles. The van der Waals surface area contributed by atoms with Crippen LogP contribution in [0.15, 0.2) is 47.4 Å². The maximum atomic E-state index is 12.4. The van der Waals surface area contributed by atoms with Crippen LogP contribution in [0, 0.1) is 0 Å². The monoisotopic (exact) mass is 460 g/mol. The first kappa shape index (κ1) is 21.6. The number of esters is 1. The summed E-state index contributed by atoms with van der Waals surface area (Å²) in [6.07, 6.45) is 0.523. The Morgan fingerprint density at radius 2 is 1.81 bits per heavy atom. The molecule has 2 aliphatic rings. The molecule has 11 heteroatoms. The van der Waals surface area contributed by atoms with Gasteiger partial charge in [-0.25, -0.2) is 12.7 Å². The van der Waals surface area contributed by atoms with Crippen LogP contribution < -0.4 is 14.8 Å². The van der Waals surface area contributed by atoms with Crippen molar-refractivity contribution >= 4 is 27.8 Å². The van der Waals surface area contributed by atoms with E-state index in [0.29, 0.717) is 42.0 Å². The van der Waals surface area contributed by atoms with E-state index in [2.05, 4.69) is 5.32 Å². The van der Waals surface area contributed by atoms with Crippen molar-refractivity contribution in [1.29, 1.82) is 0 Å². The van der Waals surface area contributed by atoms with Crippen molar-refractivity contribution in [1.82, 2.24) is 9.62 Å². The molecule has 2 aromatic carbocycles. The lowest BCUT2D eigenvalue weighted by molar-refractivity contribution is -0.148. The fourth-order valence-electron chi connectivity index (χ4n) is 3.34. The number of hydrogen-bond donors (Lipinski definition) is 1. The number of nitrogens with one attached hydrogen (secondary N) is 1. The average molecular weight is 460 g/mol. The van der Waals surface area contributed by atoms with Crippen LogP contribution >= 0.6 is 0 Å². The fourth-order valence-corrected chi connectivity index (χ4v) is 4.85. The van der Waals surface area contributed by atoms with Gasteiger partial charge in [0.25, 0.3) is 21.8 Å². The van der Waals surface area contributed by atoms with Gasteiger partial charge in [0.2, 0.25) is 0 Å². The number of nitrogens with zero attached hydrogens (tertiary/aromatic N) is 1. The van der Waals surface area contributed by atoms with Crippen LogP contribution in [0.5, 0.6) is 11.5 Å². The van der Waals surface area contributed by atoms with Gasteiger partial charge in [-0.05, 0) is 36.2 Å². The molecule has 4 rings (SSSR count). The summed E-state index contributed by atoms with van der Waals surface area (Å²) in [5.41, 5.74) is 0.932. The number of sulfonamides is 1. The second-order valence-corrected chi connectivity index (χ2v) is 8.88. The van der Waals surface area contributed by atoms with Gasteiger partial charge in [0, 0.05) is 6.54 Å². The fraction of sp³-hybridized carbons (Fsp3) is 0.286. The van der Waals surface area contributed by atoms with Crippen molar-refractivity contribution in [3.63, 3.8) is 0 Å². The normalized spacial score (nSPS) is 15.8. The second-order valence-electron chi connectivity index (χ2n) is 7.05. The predicted octanol–water partition coefficient (Wildman–Crippen LogP) is 0.504. The Kier molecular flexibility index (Phi) is 5.99. The highest BCUT2D eigenvalue weighted by Crippen LogP contribution is 2.31. The van der Waals surface area contributed by atoms with E-state index in [4.69, 9.17) is 14.2 Å². The van der Waals surface area contributed by atoms with E-state index in [-0.39, 0.29) is 10.5 Å². The summed E-state index contributed by atoms with van der Waals surface area (Å²) in [4.78, 5) is 36.1. The lowest BCUT2D eigenvalue weighted by atomic mass is 10.1. The minimum absolute atomic E-state index is 0.00261. The summed E-state index contributed by atoms with van der Waals surface area (Å²) in [7, 11) is -4.12. The van der Waals surface area contributed by atoms with Crippen LogP contribution in [-0.4, -0.2) is 63.4 Å². The summed E-state index contributed by atoms with van der Waals surface area (Å²) >= 11 is 0. The van der Waals surface area contributed by atoms with Gasteiger partial charge in [0.15, 0.2) is 18.1 Å². The number of rotatable bonds is 7. The van der Waals surface area contributed by atoms with Crippen molar-refractivity contribution < 1.29 is 37.0 Å². The molecule has 2 heterocycles. The maximum absolute atomic E-state index is 12.4.